The molecule has 0 heterocycles. The van der Waals surface area contributed by atoms with E-state index < -0.39 is 6.04 Å². The highest BCUT2D eigenvalue weighted by Gasteiger charge is 2.26. The van der Waals surface area contributed by atoms with E-state index in [1.807, 2.05) is 51.1 Å². The summed E-state index contributed by atoms with van der Waals surface area (Å²) in [5.74, 6) is -0.114. The van der Waals surface area contributed by atoms with Gasteiger partial charge in [0.05, 0.1) is 6.42 Å². The summed E-state index contributed by atoms with van der Waals surface area (Å²) in [5.41, 5.74) is 4.53. The zero-order chi connectivity index (χ0) is 21.4. The normalized spacial score (nSPS) is 12.9. The summed E-state index contributed by atoms with van der Waals surface area (Å²) in [7, 11) is 0. The molecule has 2 aromatic rings. The van der Waals surface area contributed by atoms with Crippen molar-refractivity contribution in [3.8, 4) is 0 Å². The number of nitrogens with zero attached hydrogens (tertiary/aromatic N) is 1. The second kappa shape index (κ2) is 10.8. The molecule has 0 saturated carbocycles. The van der Waals surface area contributed by atoms with Gasteiger partial charge in [-0.15, -0.1) is 0 Å². The van der Waals surface area contributed by atoms with Crippen LogP contribution in [0.2, 0.25) is 0 Å². The van der Waals surface area contributed by atoms with Crippen LogP contribution < -0.4 is 5.32 Å². The zero-order valence-electron chi connectivity index (χ0n) is 18.4. The summed E-state index contributed by atoms with van der Waals surface area (Å²) in [6, 6.07) is 15.8. The minimum Gasteiger partial charge on any atom is -0.352 e. The number of carbonyl (C=O) groups excluding carboxylic acids is 2. The average Bonchev–Trinajstić information content (AvgIpc) is 2.71. The third kappa shape index (κ3) is 6.74. The average molecular weight is 395 g/mol. The molecule has 0 aliphatic heterocycles. The fraction of sp³-hybridized carbons (Fsp3) is 0.440. The van der Waals surface area contributed by atoms with Gasteiger partial charge in [-0.3, -0.25) is 9.59 Å². The maximum absolute atomic E-state index is 13.2. The summed E-state index contributed by atoms with van der Waals surface area (Å²) >= 11 is 0. The van der Waals surface area contributed by atoms with E-state index in [2.05, 4.69) is 37.4 Å². The van der Waals surface area contributed by atoms with E-state index in [9.17, 15) is 9.59 Å². The minimum atomic E-state index is -0.508. The second-order valence-electron chi connectivity index (χ2n) is 7.91. The van der Waals surface area contributed by atoms with E-state index in [4.69, 9.17) is 0 Å². The predicted octanol–water partition coefficient (Wildman–Crippen LogP) is 4.22. The Hall–Kier alpha value is -2.62. The van der Waals surface area contributed by atoms with Gasteiger partial charge >= 0.3 is 0 Å². The van der Waals surface area contributed by atoms with Crippen LogP contribution >= 0.6 is 0 Å². The standard InChI is InChI=1S/C25H34N2O2/c1-6-20(4)26-25(29)21(5)27(15-14-22-10-8-7-9-11-22)24(28)17-23-13-12-18(2)19(3)16-23/h7-13,16,20-21H,6,14-15,17H2,1-5H3,(H,26,29)/t20-,21-/m1/s1. The van der Waals surface area contributed by atoms with Gasteiger partial charge in [0.1, 0.15) is 6.04 Å². The lowest BCUT2D eigenvalue weighted by atomic mass is 10.0. The molecule has 0 bridgehead atoms. The SMILES string of the molecule is CC[C@@H](C)NC(=O)[C@@H](C)N(CCc1ccccc1)C(=O)Cc1ccc(C)c(C)c1. The number of nitrogens with one attached hydrogen (secondary N) is 1. The van der Waals surface area contributed by atoms with Gasteiger partial charge in [-0.1, -0.05) is 55.5 Å². The molecule has 0 fully saturated rings. The number of hydrogen-bond donors (Lipinski definition) is 1. The van der Waals surface area contributed by atoms with Gasteiger partial charge < -0.3 is 10.2 Å². The van der Waals surface area contributed by atoms with Gasteiger partial charge in [-0.2, -0.15) is 0 Å². The maximum atomic E-state index is 13.2. The summed E-state index contributed by atoms with van der Waals surface area (Å²) in [6.07, 6.45) is 1.89. The van der Waals surface area contributed by atoms with Crippen LogP contribution in [-0.2, 0) is 22.4 Å². The molecule has 2 atom stereocenters. The molecule has 2 aromatic carbocycles. The van der Waals surface area contributed by atoms with Gasteiger partial charge in [0.15, 0.2) is 0 Å². The predicted molar refractivity (Wildman–Crippen MR) is 119 cm³/mol. The Balaban J connectivity index is 2.16. The highest BCUT2D eigenvalue weighted by molar-refractivity contribution is 5.88. The maximum Gasteiger partial charge on any atom is 0.242 e. The Labute approximate surface area is 175 Å². The molecule has 4 heteroatoms. The van der Waals surface area contributed by atoms with E-state index in [0.717, 1.165) is 24.0 Å². The van der Waals surface area contributed by atoms with Crippen LogP contribution in [0.1, 0.15) is 49.4 Å². The van der Waals surface area contributed by atoms with E-state index >= 15 is 0 Å². The first kappa shape index (κ1) is 22.7. The molecule has 0 unspecified atom stereocenters. The molecule has 156 valence electrons. The fourth-order valence-corrected chi connectivity index (χ4v) is 3.23. The summed E-state index contributed by atoms with van der Waals surface area (Å²) in [6.45, 7) is 10.5. The van der Waals surface area contributed by atoms with Crippen molar-refractivity contribution in [2.45, 2.75) is 66.0 Å². The molecule has 2 rings (SSSR count). The largest absolute Gasteiger partial charge is 0.352 e. The van der Waals surface area contributed by atoms with Gasteiger partial charge in [0.25, 0.3) is 0 Å². The summed E-state index contributed by atoms with van der Waals surface area (Å²) in [5, 5.41) is 3.01. The van der Waals surface area contributed by atoms with Crippen molar-refractivity contribution < 1.29 is 9.59 Å². The Kier molecular flexibility index (Phi) is 8.44. The first-order chi connectivity index (χ1) is 13.8. The van der Waals surface area contributed by atoms with Crippen LogP contribution in [-0.4, -0.2) is 35.3 Å². The second-order valence-corrected chi connectivity index (χ2v) is 7.91. The van der Waals surface area contributed by atoms with Crippen LogP contribution in [0.3, 0.4) is 0 Å². The van der Waals surface area contributed by atoms with Gasteiger partial charge in [0, 0.05) is 12.6 Å². The molecule has 2 amide bonds. The molecule has 4 nitrogen and oxygen atoms in total. The monoisotopic (exact) mass is 394 g/mol. The van der Waals surface area contributed by atoms with Crippen molar-refractivity contribution in [3.63, 3.8) is 0 Å². The molecule has 0 radical (unpaired) electrons. The van der Waals surface area contributed by atoms with Crippen LogP contribution in [0.4, 0.5) is 0 Å². The molecular weight excluding hydrogens is 360 g/mol. The molecule has 0 aliphatic rings. The van der Waals surface area contributed by atoms with Gasteiger partial charge in [0.2, 0.25) is 11.8 Å². The molecular formula is C25H34N2O2. The number of hydrogen-bond acceptors (Lipinski definition) is 2. The quantitative estimate of drug-likeness (QED) is 0.692. The Morgan fingerprint density at radius 1 is 0.966 bits per heavy atom. The van der Waals surface area contributed by atoms with Crippen LogP contribution in [0.25, 0.3) is 0 Å². The smallest absolute Gasteiger partial charge is 0.242 e. The Morgan fingerprint density at radius 2 is 1.66 bits per heavy atom. The fourth-order valence-electron chi connectivity index (χ4n) is 3.23. The highest BCUT2D eigenvalue weighted by atomic mass is 16.2. The summed E-state index contributed by atoms with van der Waals surface area (Å²) < 4.78 is 0. The van der Waals surface area contributed by atoms with Crippen LogP contribution in [0.15, 0.2) is 48.5 Å². The lowest BCUT2D eigenvalue weighted by Crippen LogP contribution is -2.50. The highest BCUT2D eigenvalue weighted by Crippen LogP contribution is 2.13. The number of carbonyl (C=O) groups is 2. The first-order valence-electron chi connectivity index (χ1n) is 10.5. The van der Waals surface area contributed by atoms with Crippen molar-refractivity contribution in [2.75, 3.05) is 6.54 Å². The van der Waals surface area contributed by atoms with Crippen LogP contribution in [0, 0.1) is 13.8 Å². The van der Waals surface area contributed by atoms with Crippen molar-refractivity contribution in [1.29, 1.82) is 0 Å². The third-order valence-corrected chi connectivity index (χ3v) is 5.58. The van der Waals surface area contributed by atoms with Crippen molar-refractivity contribution in [2.24, 2.45) is 0 Å². The van der Waals surface area contributed by atoms with E-state index in [1.165, 1.54) is 11.1 Å². The van der Waals surface area contributed by atoms with Gasteiger partial charge in [-0.25, -0.2) is 0 Å². The Bertz CT molecular complexity index is 817. The van der Waals surface area contributed by atoms with Crippen molar-refractivity contribution in [1.82, 2.24) is 10.2 Å². The lowest BCUT2D eigenvalue weighted by molar-refractivity contribution is -0.139. The van der Waals surface area contributed by atoms with E-state index in [1.54, 1.807) is 4.90 Å². The first-order valence-corrected chi connectivity index (χ1v) is 10.5. The lowest BCUT2D eigenvalue weighted by Gasteiger charge is -2.30. The van der Waals surface area contributed by atoms with Gasteiger partial charge in [-0.05, 0) is 62.8 Å². The summed E-state index contributed by atoms with van der Waals surface area (Å²) in [4.78, 5) is 27.6. The molecule has 0 saturated heterocycles. The van der Waals surface area contributed by atoms with Crippen LogP contribution in [0.5, 0.6) is 0 Å². The number of rotatable bonds is 9. The molecule has 0 spiro atoms. The Morgan fingerprint density at radius 3 is 2.28 bits per heavy atom. The van der Waals surface area contributed by atoms with E-state index in [-0.39, 0.29) is 17.9 Å². The molecule has 1 N–H and O–H groups in total. The number of benzene rings is 2. The van der Waals surface area contributed by atoms with Crippen molar-refractivity contribution in [3.05, 3.63) is 70.8 Å². The van der Waals surface area contributed by atoms with E-state index in [0.29, 0.717) is 13.0 Å². The number of aryl methyl sites for hydroxylation is 2. The topological polar surface area (TPSA) is 49.4 Å². The third-order valence-electron chi connectivity index (χ3n) is 5.58. The number of amides is 2. The van der Waals surface area contributed by atoms with Crippen molar-refractivity contribution >= 4 is 11.8 Å². The molecule has 29 heavy (non-hydrogen) atoms. The zero-order valence-corrected chi connectivity index (χ0v) is 18.4. The molecule has 0 aromatic heterocycles. The minimum absolute atomic E-state index is 0.0176. The molecule has 0 aliphatic carbocycles.